The molecule has 25 heavy (non-hydrogen) atoms. The van der Waals surface area contributed by atoms with Crippen LogP contribution in [0.2, 0.25) is 5.02 Å². The molecule has 0 radical (unpaired) electrons. The number of hydrogen-bond donors (Lipinski definition) is 1. The lowest BCUT2D eigenvalue weighted by molar-refractivity contribution is -0.130. The molecule has 2 amide bonds. The van der Waals surface area contributed by atoms with E-state index in [1.165, 1.54) is 35.5 Å². The fraction of sp³-hybridized carbons (Fsp3) is 0.500. The maximum Gasteiger partial charge on any atom is 0.243 e. The van der Waals surface area contributed by atoms with E-state index in [0.29, 0.717) is 24.7 Å². The van der Waals surface area contributed by atoms with E-state index in [9.17, 15) is 18.0 Å². The minimum absolute atomic E-state index is 0.116. The zero-order chi connectivity index (χ0) is 18.2. The Hall–Kier alpha value is -1.64. The predicted molar refractivity (Wildman–Crippen MR) is 92.5 cm³/mol. The van der Waals surface area contributed by atoms with E-state index in [-0.39, 0.29) is 36.2 Å². The molecule has 2 aliphatic rings. The zero-order valence-electron chi connectivity index (χ0n) is 13.9. The summed E-state index contributed by atoms with van der Waals surface area (Å²) in [5.41, 5.74) is -0.598. The average molecular weight is 386 g/mol. The topological polar surface area (TPSA) is 86.8 Å². The Morgan fingerprint density at radius 2 is 1.88 bits per heavy atom. The molecule has 1 aromatic carbocycles. The van der Waals surface area contributed by atoms with Crippen LogP contribution in [0.4, 0.5) is 0 Å². The van der Waals surface area contributed by atoms with Gasteiger partial charge in [0, 0.05) is 56.5 Å². The smallest absolute Gasteiger partial charge is 0.243 e. The third-order valence-corrected chi connectivity index (χ3v) is 6.86. The first-order chi connectivity index (χ1) is 11.7. The van der Waals surface area contributed by atoms with Gasteiger partial charge < -0.3 is 10.2 Å². The van der Waals surface area contributed by atoms with Crippen molar-refractivity contribution in [3.8, 4) is 0 Å². The van der Waals surface area contributed by atoms with Crippen molar-refractivity contribution in [3.63, 3.8) is 0 Å². The van der Waals surface area contributed by atoms with Crippen molar-refractivity contribution >= 4 is 33.4 Å². The van der Waals surface area contributed by atoms with Crippen LogP contribution in [0, 0.1) is 5.41 Å². The maximum absolute atomic E-state index is 13.0. The van der Waals surface area contributed by atoms with Crippen LogP contribution in [0.15, 0.2) is 29.2 Å². The summed E-state index contributed by atoms with van der Waals surface area (Å²) in [6.45, 7) is 2.89. The van der Waals surface area contributed by atoms with E-state index in [0.717, 1.165) is 0 Å². The third kappa shape index (κ3) is 3.65. The summed E-state index contributed by atoms with van der Waals surface area (Å²) in [6.07, 6.45) is 0.212. The van der Waals surface area contributed by atoms with Gasteiger partial charge in [0.05, 0.1) is 4.90 Å². The van der Waals surface area contributed by atoms with Gasteiger partial charge in [-0.3, -0.25) is 9.59 Å². The molecule has 0 bridgehead atoms. The van der Waals surface area contributed by atoms with Gasteiger partial charge in [0.1, 0.15) is 0 Å². The Balaban J connectivity index is 1.94. The van der Waals surface area contributed by atoms with Crippen molar-refractivity contribution in [2.24, 2.45) is 5.41 Å². The van der Waals surface area contributed by atoms with E-state index in [1.54, 1.807) is 4.90 Å². The molecule has 2 aliphatic heterocycles. The van der Waals surface area contributed by atoms with Gasteiger partial charge in [0.25, 0.3) is 0 Å². The molecule has 9 heteroatoms. The molecule has 2 heterocycles. The highest BCUT2D eigenvalue weighted by molar-refractivity contribution is 7.89. The van der Waals surface area contributed by atoms with E-state index in [1.807, 2.05) is 0 Å². The van der Waals surface area contributed by atoms with Gasteiger partial charge in [-0.15, -0.1) is 0 Å². The van der Waals surface area contributed by atoms with Gasteiger partial charge in [-0.1, -0.05) is 11.6 Å². The Morgan fingerprint density at radius 3 is 2.44 bits per heavy atom. The van der Waals surface area contributed by atoms with Gasteiger partial charge in [0.2, 0.25) is 21.8 Å². The SMILES string of the molecule is CC(=O)N1CCN(S(=O)(=O)c2ccc(Cl)cc2)C[C@@]2(CNC(=O)C2)C1. The average Bonchev–Trinajstić information content (AvgIpc) is 2.78. The molecule has 1 spiro atoms. The van der Waals surface area contributed by atoms with Crippen molar-refractivity contribution in [2.75, 3.05) is 32.7 Å². The largest absolute Gasteiger partial charge is 0.355 e. The van der Waals surface area contributed by atoms with Crippen molar-refractivity contribution in [2.45, 2.75) is 18.2 Å². The van der Waals surface area contributed by atoms with Crippen LogP contribution in [0.25, 0.3) is 0 Å². The highest BCUT2D eigenvalue weighted by Gasteiger charge is 2.46. The lowest BCUT2D eigenvalue weighted by Gasteiger charge is -2.32. The highest BCUT2D eigenvalue weighted by Crippen LogP contribution is 2.33. The molecular weight excluding hydrogens is 366 g/mol. The Bertz CT molecular complexity index is 796. The van der Waals surface area contributed by atoms with E-state index < -0.39 is 15.4 Å². The summed E-state index contributed by atoms with van der Waals surface area (Å²) in [7, 11) is -3.73. The van der Waals surface area contributed by atoms with E-state index in [4.69, 9.17) is 11.6 Å². The monoisotopic (exact) mass is 385 g/mol. The van der Waals surface area contributed by atoms with Crippen molar-refractivity contribution in [3.05, 3.63) is 29.3 Å². The lowest BCUT2D eigenvalue weighted by atomic mass is 9.86. The zero-order valence-corrected chi connectivity index (χ0v) is 15.4. The number of nitrogens with one attached hydrogen (secondary N) is 1. The summed E-state index contributed by atoms with van der Waals surface area (Å²) >= 11 is 5.84. The molecule has 0 unspecified atom stereocenters. The van der Waals surface area contributed by atoms with Crippen molar-refractivity contribution in [1.82, 2.24) is 14.5 Å². The number of halogens is 1. The second-order valence-corrected chi connectivity index (χ2v) is 9.06. The molecule has 7 nitrogen and oxygen atoms in total. The summed E-state index contributed by atoms with van der Waals surface area (Å²) in [4.78, 5) is 25.4. The maximum atomic E-state index is 13.0. The van der Waals surface area contributed by atoms with Crippen LogP contribution in [-0.2, 0) is 19.6 Å². The number of nitrogens with zero attached hydrogens (tertiary/aromatic N) is 2. The first kappa shape index (κ1) is 18.2. The standard InChI is InChI=1S/C16H20ClN3O4S/c1-12(21)19-6-7-20(11-16(10-19)8-15(22)18-9-16)25(23,24)14-4-2-13(17)3-5-14/h2-5H,6-11H2,1H3,(H,18,22)/t16-/m0/s1. The molecule has 1 N–H and O–H groups in total. The van der Waals surface area contributed by atoms with Gasteiger partial charge in [-0.25, -0.2) is 8.42 Å². The van der Waals surface area contributed by atoms with E-state index >= 15 is 0 Å². The molecule has 0 aliphatic carbocycles. The normalized spacial score (nSPS) is 25.0. The van der Waals surface area contributed by atoms with Gasteiger partial charge in [-0.2, -0.15) is 4.31 Å². The molecule has 2 saturated heterocycles. The number of carbonyl (C=O) groups is 2. The molecule has 2 fully saturated rings. The first-order valence-corrected chi connectivity index (χ1v) is 9.82. The minimum atomic E-state index is -3.73. The molecule has 0 aromatic heterocycles. The van der Waals surface area contributed by atoms with Crippen LogP contribution in [0.3, 0.4) is 0 Å². The second-order valence-electron chi connectivity index (χ2n) is 6.69. The number of rotatable bonds is 2. The Morgan fingerprint density at radius 1 is 1.20 bits per heavy atom. The van der Waals surface area contributed by atoms with Crippen molar-refractivity contribution < 1.29 is 18.0 Å². The minimum Gasteiger partial charge on any atom is -0.355 e. The molecule has 136 valence electrons. The Kier molecular flexibility index (Phi) is 4.78. The van der Waals surface area contributed by atoms with Gasteiger partial charge in [-0.05, 0) is 24.3 Å². The fourth-order valence-electron chi connectivity index (χ4n) is 3.42. The van der Waals surface area contributed by atoms with E-state index in [2.05, 4.69) is 5.32 Å². The van der Waals surface area contributed by atoms with Crippen molar-refractivity contribution in [1.29, 1.82) is 0 Å². The lowest BCUT2D eigenvalue weighted by Crippen LogP contribution is -2.44. The molecule has 0 saturated carbocycles. The third-order valence-electron chi connectivity index (χ3n) is 4.75. The number of benzene rings is 1. The number of hydrogen-bond acceptors (Lipinski definition) is 4. The highest BCUT2D eigenvalue weighted by atomic mass is 35.5. The summed E-state index contributed by atoms with van der Waals surface area (Å²) in [5.74, 6) is -0.237. The van der Waals surface area contributed by atoms with Gasteiger partial charge >= 0.3 is 0 Å². The summed E-state index contributed by atoms with van der Waals surface area (Å²) in [5, 5.41) is 3.23. The van der Waals surface area contributed by atoms with Crippen LogP contribution >= 0.6 is 11.6 Å². The number of sulfonamides is 1. The molecular formula is C16H20ClN3O4S. The quantitative estimate of drug-likeness (QED) is 0.811. The van der Waals surface area contributed by atoms with Crippen LogP contribution in [0.1, 0.15) is 13.3 Å². The first-order valence-electron chi connectivity index (χ1n) is 8.00. The number of carbonyl (C=O) groups excluding carboxylic acids is 2. The Labute approximate surface area is 152 Å². The molecule has 1 atom stereocenters. The summed E-state index contributed by atoms with van der Waals surface area (Å²) < 4.78 is 27.4. The molecule has 1 aromatic rings. The van der Waals surface area contributed by atoms with Crippen LogP contribution < -0.4 is 5.32 Å². The summed E-state index contributed by atoms with van der Waals surface area (Å²) in [6, 6.07) is 6.00. The van der Waals surface area contributed by atoms with Crippen LogP contribution in [0.5, 0.6) is 0 Å². The van der Waals surface area contributed by atoms with Gasteiger partial charge in [0.15, 0.2) is 0 Å². The number of amides is 2. The predicted octanol–water partition coefficient (Wildman–Crippen LogP) is 0.699. The molecule has 3 rings (SSSR count). The fourth-order valence-corrected chi connectivity index (χ4v) is 5.09. The second kappa shape index (κ2) is 6.59. The van der Waals surface area contributed by atoms with Crippen LogP contribution in [-0.4, -0.2) is 62.2 Å².